The number of hydrazone groups is 1. The summed E-state index contributed by atoms with van der Waals surface area (Å²) < 4.78 is 5.28. The number of hydrogen-bond donors (Lipinski definition) is 2. The van der Waals surface area contributed by atoms with E-state index < -0.39 is 6.04 Å². The Morgan fingerprint density at radius 1 is 0.909 bits per heavy atom. The fraction of sp³-hybridized carbons (Fsp3) is 0.192. The SMILES string of the molecule is COc1ccccc1C(=O)NC(CCSC)C(=O)NN=C(c1ccccc1)c1ccccc1. The number of thioether (sulfide) groups is 1. The summed E-state index contributed by atoms with van der Waals surface area (Å²) in [6, 6.07) is 25.5. The molecule has 0 aliphatic rings. The van der Waals surface area contributed by atoms with Gasteiger partial charge in [0.05, 0.1) is 18.4 Å². The molecular formula is C26H27N3O3S. The molecule has 7 heteroatoms. The van der Waals surface area contributed by atoms with Gasteiger partial charge in [-0.2, -0.15) is 16.9 Å². The van der Waals surface area contributed by atoms with Gasteiger partial charge in [0.15, 0.2) is 0 Å². The number of nitrogens with zero attached hydrogens (tertiary/aromatic N) is 1. The van der Waals surface area contributed by atoms with Crippen molar-refractivity contribution in [3.8, 4) is 5.75 Å². The maximum Gasteiger partial charge on any atom is 0.262 e. The van der Waals surface area contributed by atoms with Crippen molar-refractivity contribution in [1.29, 1.82) is 0 Å². The highest BCUT2D eigenvalue weighted by molar-refractivity contribution is 7.98. The van der Waals surface area contributed by atoms with Crippen LogP contribution in [0.3, 0.4) is 0 Å². The highest BCUT2D eigenvalue weighted by atomic mass is 32.2. The lowest BCUT2D eigenvalue weighted by Gasteiger charge is -2.18. The van der Waals surface area contributed by atoms with Crippen molar-refractivity contribution < 1.29 is 14.3 Å². The van der Waals surface area contributed by atoms with Crippen LogP contribution in [0, 0.1) is 0 Å². The van der Waals surface area contributed by atoms with Gasteiger partial charge < -0.3 is 10.1 Å². The predicted molar refractivity (Wildman–Crippen MR) is 134 cm³/mol. The first kappa shape index (κ1) is 24.1. The highest BCUT2D eigenvalue weighted by Gasteiger charge is 2.23. The molecule has 2 N–H and O–H groups in total. The number of ether oxygens (including phenoxy) is 1. The Morgan fingerprint density at radius 3 is 2.06 bits per heavy atom. The topological polar surface area (TPSA) is 79.8 Å². The lowest BCUT2D eigenvalue weighted by Crippen LogP contribution is -2.46. The second-order valence-corrected chi connectivity index (χ2v) is 8.16. The van der Waals surface area contributed by atoms with Crippen LogP contribution in [0.25, 0.3) is 0 Å². The molecule has 0 saturated heterocycles. The molecule has 3 aromatic rings. The Morgan fingerprint density at radius 2 is 1.48 bits per heavy atom. The van der Waals surface area contributed by atoms with E-state index in [-0.39, 0.29) is 11.8 Å². The number of nitrogens with one attached hydrogen (secondary N) is 2. The lowest BCUT2D eigenvalue weighted by atomic mass is 10.0. The van der Waals surface area contributed by atoms with E-state index >= 15 is 0 Å². The Balaban J connectivity index is 1.82. The minimum absolute atomic E-state index is 0.371. The third-order valence-corrected chi connectivity index (χ3v) is 5.60. The fourth-order valence-electron chi connectivity index (χ4n) is 3.25. The molecule has 170 valence electrons. The summed E-state index contributed by atoms with van der Waals surface area (Å²) in [5, 5.41) is 7.27. The normalized spacial score (nSPS) is 11.2. The Hall–Kier alpha value is -3.58. The van der Waals surface area contributed by atoms with Crippen molar-refractivity contribution in [2.75, 3.05) is 19.1 Å². The fourth-order valence-corrected chi connectivity index (χ4v) is 3.72. The summed E-state index contributed by atoms with van der Waals surface area (Å²) in [5.74, 6) is 0.409. The molecule has 0 fully saturated rings. The minimum Gasteiger partial charge on any atom is -0.496 e. The maximum absolute atomic E-state index is 13.1. The summed E-state index contributed by atoms with van der Waals surface area (Å²) in [6.45, 7) is 0. The Bertz CT molecular complexity index is 1050. The highest BCUT2D eigenvalue weighted by Crippen LogP contribution is 2.17. The molecule has 33 heavy (non-hydrogen) atoms. The van der Waals surface area contributed by atoms with Crippen molar-refractivity contribution in [2.45, 2.75) is 12.5 Å². The summed E-state index contributed by atoms with van der Waals surface area (Å²) in [4.78, 5) is 25.9. The van der Waals surface area contributed by atoms with Crippen molar-refractivity contribution in [3.63, 3.8) is 0 Å². The molecule has 1 unspecified atom stereocenters. The molecule has 0 bridgehead atoms. The molecule has 0 heterocycles. The molecule has 0 spiro atoms. The van der Waals surface area contributed by atoms with Gasteiger partial charge in [-0.15, -0.1) is 0 Å². The van der Waals surface area contributed by atoms with Crippen LogP contribution in [0.1, 0.15) is 27.9 Å². The number of amides is 2. The van der Waals surface area contributed by atoms with Crippen LogP contribution in [0.15, 0.2) is 90.0 Å². The zero-order valence-corrected chi connectivity index (χ0v) is 19.5. The van der Waals surface area contributed by atoms with Crippen LogP contribution in [-0.2, 0) is 4.79 Å². The zero-order valence-electron chi connectivity index (χ0n) is 18.7. The molecule has 1 atom stereocenters. The summed E-state index contributed by atoms with van der Waals surface area (Å²) >= 11 is 1.60. The molecule has 2 amide bonds. The average molecular weight is 462 g/mol. The van der Waals surface area contributed by atoms with E-state index in [1.807, 2.05) is 66.9 Å². The number of carbonyl (C=O) groups is 2. The molecule has 0 radical (unpaired) electrons. The first-order valence-corrected chi connectivity index (χ1v) is 11.9. The average Bonchev–Trinajstić information content (AvgIpc) is 2.87. The Labute approximate surface area is 198 Å². The van der Waals surface area contributed by atoms with Crippen molar-refractivity contribution in [1.82, 2.24) is 10.7 Å². The standard InChI is InChI=1S/C26H27N3O3S/c1-32-23-16-10-9-15-21(23)25(30)27-22(17-18-33-2)26(31)29-28-24(19-11-5-3-6-12-19)20-13-7-4-8-14-20/h3-16,22H,17-18H2,1-2H3,(H,27,30)(H,29,31). The first-order chi connectivity index (χ1) is 16.1. The van der Waals surface area contributed by atoms with Gasteiger partial charge in [-0.25, -0.2) is 5.43 Å². The number of hydrogen-bond acceptors (Lipinski definition) is 5. The van der Waals surface area contributed by atoms with E-state index in [0.717, 1.165) is 11.1 Å². The first-order valence-electron chi connectivity index (χ1n) is 10.5. The third kappa shape index (κ3) is 6.70. The zero-order chi connectivity index (χ0) is 23.5. The monoisotopic (exact) mass is 461 g/mol. The summed E-state index contributed by atoms with van der Waals surface area (Å²) in [6.07, 6.45) is 2.42. The van der Waals surface area contributed by atoms with Gasteiger partial charge in [0.2, 0.25) is 0 Å². The van der Waals surface area contributed by atoms with Gasteiger partial charge in [-0.3, -0.25) is 9.59 Å². The maximum atomic E-state index is 13.1. The van der Waals surface area contributed by atoms with E-state index in [9.17, 15) is 9.59 Å². The predicted octanol–water partition coefficient (Wildman–Crippen LogP) is 4.12. The van der Waals surface area contributed by atoms with Gasteiger partial charge in [0.25, 0.3) is 11.8 Å². The van der Waals surface area contributed by atoms with E-state index in [4.69, 9.17) is 4.74 Å². The van der Waals surface area contributed by atoms with Gasteiger partial charge in [0, 0.05) is 11.1 Å². The smallest absolute Gasteiger partial charge is 0.262 e. The second-order valence-electron chi connectivity index (χ2n) is 7.18. The van der Waals surface area contributed by atoms with Gasteiger partial charge in [-0.1, -0.05) is 72.8 Å². The van der Waals surface area contributed by atoms with Gasteiger partial charge >= 0.3 is 0 Å². The largest absolute Gasteiger partial charge is 0.496 e. The second kappa shape index (κ2) is 12.5. The van der Waals surface area contributed by atoms with Crippen LogP contribution in [0.2, 0.25) is 0 Å². The quantitative estimate of drug-likeness (QED) is 0.352. The lowest BCUT2D eigenvalue weighted by molar-refractivity contribution is -0.123. The molecular weight excluding hydrogens is 434 g/mol. The summed E-state index contributed by atoms with van der Waals surface area (Å²) in [5.41, 5.74) is 5.44. The number of rotatable bonds is 10. The van der Waals surface area contributed by atoms with Crippen LogP contribution >= 0.6 is 11.8 Å². The van der Waals surface area contributed by atoms with Crippen LogP contribution in [0.5, 0.6) is 5.75 Å². The molecule has 0 aliphatic heterocycles. The number of methoxy groups -OCH3 is 1. The van der Waals surface area contributed by atoms with Crippen LogP contribution in [-0.4, -0.2) is 42.7 Å². The van der Waals surface area contributed by atoms with E-state index in [1.165, 1.54) is 7.11 Å². The molecule has 0 aromatic heterocycles. The minimum atomic E-state index is -0.744. The summed E-state index contributed by atoms with van der Waals surface area (Å²) in [7, 11) is 1.51. The van der Waals surface area contributed by atoms with Gasteiger partial charge in [0.1, 0.15) is 11.8 Å². The van der Waals surface area contributed by atoms with E-state index in [0.29, 0.717) is 29.2 Å². The number of benzene rings is 3. The van der Waals surface area contributed by atoms with Crippen LogP contribution < -0.4 is 15.5 Å². The number of para-hydroxylation sites is 1. The van der Waals surface area contributed by atoms with Gasteiger partial charge in [-0.05, 0) is 30.6 Å². The van der Waals surface area contributed by atoms with E-state index in [2.05, 4.69) is 15.8 Å². The van der Waals surface area contributed by atoms with E-state index in [1.54, 1.807) is 36.0 Å². The molecule has 3 aromatic carbocycles. The molecule has 0 saturated carbocycles. The van der Waals surface area contributed by atoms with Crippen molar-refractivity contribution >= 4 is 29.3 Å². The Kier molecular flexibility index (Phi) is 9.08. The molecule has 3 rings (SSSR count). The van der Waals surface area contributed by atoms with Crippen molar-refractivity contribution in [2.24, 2.45) is 5.10 Å². The third-order valence-electron chi connectivity index (χ3n) is 4.96. The molecule has 0 aliphatic carbocycles. The van der Waals surface area contributed by atoms with Crippen molar-refractivity contribution in [3.05, 3.63) is 102 Å². The van der Waals surface area contributed by atoms with Crippen LogP contribution in [0.4, 0.5) is 0 Å². The molecule has 6 nitrogen and oxygen atoms in total. The number of carbonyl (C=O) groups excluding carboxylic acids is 2.